The molecule has 0 atom stereocenters. The Morgan fingerprint density at radius 2 is 1.43 bits per heavy atom. The van der Waals surface area contributed by atoms with E-state index in [9.17, 15) is 8.42 Å². The number of rotatable bonds is 5. The molecule has 0 aliphatic carbocycles. The molecule has 0 aromatic heterocycles. The van der Waals surface area contributed by atoms with E-state index >= 15 is 0 Å². The molecule has 0 saturated heterocycles. The molecule has 0 heterocycles. The summed E-state index contributed by atoms with van der Waals surface area (Å²) in [6.45, 7) is 3.77. The molecular formula is C20H20O2S. The Morgan fingerprint density at radius 3 is 2.00 bits per heavy atom. The highest BCUT2D eigenvalue weighted by Gasteiger charge is 2.17. The summed E-state index contributed by atoms with van der Waals surface area (Å²) in [5, 5.41) is 0. The van der Waals surface area contributed by atoms with Crippen molar-refractivity contribution in [3.8, 4) is 0 Å². The smallest absolute Gasteiger partial charge is 0.206 e. The molecule has 2 aromatic carbocycles. The Morgan fingerprint density at radius 1 is 0.870 bits per heavy atom. The van der Waals surface area contributed by atoms with Crippen LogP contribution in [-0.2, 0) is 9.84 Å². The first kappa shape index (κ1) is 17.0. The average Bonchev–Trinajstić information content (AvgIpc) is 2.55. The topological polar surface area (TPSA) is 34.1 Å². The summed E-state index contributed by atoms with van der Waals surface area (Å²) in [4.78, 5) is 0.591. The molecule has 118 valence electrons. The van der Waals surface area contributed by atoms with Gasteiger partial charge in [0.05, 0.1) is 9.80 Å². The molecule has 0 N–H and O–H groups in total. The summed E-state index contributed by atoms with van der Waals surface area (Å²) in [5.74, 6) is 0. The van der Waals surface area contributed by atoms with E-state index in [-0.39, 0.29) is 4.91 Å². The fourth-order valence-electron chi connectivity index (χ4n) is 2.05. The second-order valence-electron chi connectivity index (χ2n) is 5.38. The third-order valence-electron chi connectivity index (χ3n) is 3.14. The summed E-state index contributed by atoms with van der Waals surface area (Å²) in [7, 11) is -3.52. The van der Waals surface area contributed by atoms with E-state index in [1.165, 1.54) is 0 Å². The fraction of sp³-hybridized carbons (Fsp3) is 0.100. The molecule has 0 saturated carbocycles. The first-order valence-corrected chi connectivity index (χ1v) is 8.87. The zero-order valence-electron chi connectivity index (χ0n) is 13.3. The maximum Gasteiger partial charge on any atom is 0.206 e. The van der Waals surface area contributed by atoms with Crippen LogP contribution in [0.2, 0.25) is 0 Å². The molecule has 0 spiro atoms. The minimum absolute atomic E-state index is 0.288. The zero-order valence-corrected chi connectivity index (χ0v) is 14.1. The largest absolute Gasteiger partial charge is 0.219 e. The van der Waals surface area contributed by atoms with Crippen molar-refractivity contribution in [1.29, 1.82) is 0 Å². The van der Waals surface area contributed by atoms with Gasteiger partial charge in [0.25, 0.3) is 0 Å². The van der Waals surface area contributed by atoms with Gasteiger partial charge in [0.15, 0.2) is 0 Å². The minimum Gasteiger partial charge on any atom is -0.219 e. The summed E-state index contributed by atoms with van der Waals surface area (Å²) < 4.78 is 25.5. The van der Waals surface area contributed by atoms with Gasteiger partial charge in [0.2, 0.25) is 9.84 Å². The molecule has 0 aliphatic rings. The van der Waals surface area contributed by atoms with Crippen molar-refractivity contribution >= 4 is 15.9 Å². The fourth-order valence-corrected chi connectivity index (χ4v) is 3.49. The van der Waals surface area contributed by atoms with Gasteiger partial charge in [-0.2, -0.15) is 0 Å². The molecule has 0 fully saturated rings. The van der Waals surface area contributed by atoms with Crippen molar-refractivity contribution in [3.05, 3.63) is 94.9 Å². The predicted molar refractivity (Wildman–Crippen MR) is 96.6 cm³/mol. The SMILES string of the molecule is CC(C)=C/C(=C\C=C\c1ccccc1)S(=O)(=O)c1ccccc1. The predicted octanol–water partition coefficient (Wildman–Crippen LogP) is 5.02. The number of sulfone groups is 1. The molecule has 2 rings (SSSR count). The number of benzene rings is 2. The molecule has 2 aromatic rings. The quantitative estimate of drug-likeness (QED) is 0.723. The van der Waals surface area contributed by atoms with Gasteiger partial charge in [0.1, 0.15) is 0 Å². The minimum atomic E-state index is -3.52. The molecule has 3 heteroatoms. The van der Waals surface area contributed by atoms with Gasteiger partial charge in [-0.1, -0.05) is 66.3 Å². The van der Waals surface area contributed by atoms with Crippen molar-refractivity contribution in [2.45, 2.75) is 18.7 Å². The van der Waals surface area contributed by atoms with Crippen molar-refractivity contribution in [3.63, 3.8) is 0 Å². The number of hydrogen-bond acceptors (Lipinski definition) is 2. The van der Waals surface area contributed by atoms with Crippen LogP contribution in [0.3, 0.4) is 0 Å². The molecular weight excluding hydrogens is 304 g/mol. The Bertz CT molecular complexity index is 824. The number of allylic oxidation sites excluding steroid dienone is 4. The van der Waals surface area contributed by atoms with E-state index in [2.05, 4.69) is 0 Å². The van der Waals surface area contributed by atoms with Crippen LogP contribution in [0.5, 0.6) is 0 Å². The van der Waals surface area contributed by atoms with Crippen LogP contribution in [-0.4, -0.2) is 8.42 Å². The lowest BCUT2D eigenvalue weighted by molar-refractivity contribution is 0.603. The van der Waals surface area contributed by atoms with Crippen molar-refractivity contribution in [2.24, 2.45) is 0 Å². The molecule has 0 radical (unpaired) electrons. The first-order valence-electron chi connectivity index (χ1n) is 7.38. The normalized spacial score (nSPS) is 12.3. The Hall–Kier alpha value is -2.39. The van der Waals surface area contributed by atoms with Crippen molar-refractivity contribution < 1.29 is 8.42 Å². The molecule has 23 heavy (non-hydrogen) atoms. The van der Waals surface area contributed by atoms with Gasteiger partial charge in [0, 0.05) is 0 Å². The summed E-state index contributed by atoms with van der Waals surface area (Å²) in [6, 6.07) is 18.3. The molecule has 0 amide bonds. The van der Waals surface area contributed by atoms with Gasteiger partial charge in [-0.25, -0.2) is 8.42 Å². The van der Waals surface area contributed by atoms with E-state index in [1.54, 1.807) is 48.6 Å². The maximum atomic E-state index is 12.8. The van der Waals surface area contributed by atoms with Crippen LogP contribution >= 0.6 is 0 Å². The highest BCUT2D eigenvalue weighted by Crippen LogP contribution is 2.21. The van der Waals surface area contributed by atoms with E-state index in [0.717, 1.165) is 11.1 Å². The van der Waals surface area contributed by atoms with Gasteiger partial charge in [-0.15, -0.1) is 0 Å². The van der Waals surface area contributed by atoms with Gasteiger partial charge >= 0.3 is 0 Å². The molecule has 0 unspecified atom stereocenters. The van der Waals surface area contributed by atoms with Crippen LogP contribution < -0.4 is 0 Å². The Balaban J connectivity index is 2.40. The Labute approximate surface area is 138 Å². The summed E-state index contributed by atoms with van der Waals surface area (Å²) in [6.07, 6.45) is 6.99. The zero-order chi connectivity index (χ0) is 16.7. The third kappa shape index (κ3) is 4.80. The second-order valence-corrected chi connectivity index (χ2v) is 7.33. The van der Waals surface area contributed by atoms with E-state index in [1.807, 2.05) is 50.3 Å². The van der Waals surface area contributed by atoms with Crippen molar-refractivity contribution in [2.75, 3.05) is 0 Å². The van der Waals surface area contributed by atoms with Crippen LogP contribution in [0.25, 0.3) is 6.08 Å². The van der Waals surface area contributed by atoms with Gasteiger partial charge in [-0.3, -0.25) is 0 Å². The van der Waals surface area contributed by atoms with Gasteiger partial charge in [-0.05, 0) is 43.7 Å². The van der Waals surface area contributed by atoms with E-state index in [4.69, 9.17) is 0 Å². The van der Waals surface area contributed by atoms with Crippen LogP contribution in [0.15, 0.2) is 94.3 Å². The summed E-state index contributed by atoms with van der Waals surface area (Å²) in [5.41, 5.74) is 1.96. The van der Waals surface area contributed by atoms with Gasteiger partial charge < -0.3 is 0 Å². The average molecular weight is 324 g/mol. The number of hydrogen-bond donors (Lipinski definition) is 0. The molecule has 2 nitrogen and oxygen atoms in total. The van der Waals surface area contributed by atoms with E-state index < -0.39 is 9.84 Å². The highest BCUT2D eigenvalue weighted by atomic mass is 32.2. The second kappa shape index (κ2) is 7.75. The lowest BCUT2D eigenvalue weighted by Gasteiger charge is -2.05. The van der Waals surface area contributed by atoms with E-state index in [0.29, 0.717) is 4.90 Å². The first-order chi connectivity index (χ1) is 11.0. The lowest BCUT2D eigenvalue weighted by atomic mass is 10.2. The maximum absolute atomic E-state index is 12.8. The highest BCUT2D eigenvalue weighted by molar-refractivity contribution is 7.95. The molecule has 0 aliphatic heterocycles. The summed E-state index contributed by atoms with van der Waals surface area (Å²) >= 11 is 0. The monoisotopic (exact) mass is 324 g/mol. The standard InChI is InChI=1S/C20H20O2S/c1-17(2)16-20(15-9-12-18-10-5-3-6-11-18)23(21,22)19-13-7-4-8-14-19/h3-16H,1-2H3/b12-9+,20-15+. The van der Waals surface area contributed by atoms with Crippen LogP contribution in [0.1, 0.15) is 19.4 Å². The van der Waals surface area contributed by atoms with Crippen LogP contribution in [0, 0.1) is 0 Å². The molecule has 0 bridgehead atoms. The lowest BCUT2D eigenvalue weighted by Crippen LogP contribution is -2.03. The van der Waals surface area contributed by atoms with Crippen molar-refractivity contribution in [1.82, 2.24) is 0 Å². The third-order valence-corrected chi connectivity index (χ3v) is 4.91. The van der Waals surface area contributed by atoms with Crippen LogP contribution in [0.4, 0.5) is 0 Å². The Kier molecular flexibility index (Phi) is 5.72.